The highest BCUT2D eigenvalue weighted by Crippen LogP contribution is 2.28. The van der Waals surface area contributed by atoms with Gasteiger partial charge < -0.3 is 5.11 Å². The molecule has 0 amide bonds. The fourth-order valence-corrected chi connectivity index (χ4v) is 2.15. The largest absolute Gasteiger partial charge is 0.396 e. The SMILES string of the molecule is O=C1CCCC(CO)/C1=C/c1ccccc1. The Labute approximate surface area is 95.6 Å². The number of aliphatic hydroxyl groups is 1. The second-order valence-electron chi connectivity index (χ2n) is 4.21. The van der Waals surface area contributed by atoms with E-state index in [9.17, 15) is 9.90 Å². The monoisotopic (exact) mass is 216 g/mol. The van der Waals surface area contributed by atoms with Crippen LogP contribution in [0, 0.1) is 5.92 Å². The van der Waals surface area contributed by atoms with Crippen molar-refractivity contribution in [3.63, 3.8) is 0 Å². The van der Waals surface area contributed by atoms with Gasteiger partial charge in [0.1, 0.15) is 0 Å². The number of rotatable bonds is 2. The lowest BCUT2D eigenvalue weighted by atomic mass is 9.83. The Morgan fingerprint density at radius 1 is 1.31 bits per heavy atom. The molecule has 1 aliphatic carbocycles. The lowest BCUT2D eigenvalue weighted by molar-refractivity contribution is -0.117. The van der Waals surface area contributed by atoms with Gasteiger partial charge in [0.05, 0.1) is 6.61 Å². The Kier molecular flexibility index (Phi) is 3.52. The zero-order valence-electron chi connectivity index (χ0n) is 9.23. The van der Waals surface area contributed by atoms with Gasteiger partial charge in [-0.3, -0.25) is 4.79 Å². The maximum atomic E-state index is 11.8. The van der Waals surface area contributed by atoms with Gasteiger partial charge >= 0.3 is 0 Å². The summed E-state index contributed by atoms with van der Waals surface area (Å²) in [4.78, 5) is 11.8. The van der Waals surface area contributed by atoms with Crippen molar-refractivity contribution < 1.29 is 9.90 Å². The maximum Gasteiger partial charge on any atom is 0.159 e. The van der Waals surface area contributed by atoms with Crippen molar-refractivity contribution in [1.82, 2.24) is 0 Å². The van der Waals surface area contributed by atoms with Gasteiger partial charge in [0.2, 0.25) is 0 Å². The van der Waals surface area contributed by atoms with Crippen LogP contribution in [0.25, 0.3) is 6.08 Å². The van der Waals surface area contributed by atoms with E-state index in [2.05, 4.69) is 0 Å². The first kappa shape index (κ1) is 11.1. The third kappa shape index (κ3) is 2.39. The molecule has 0 spiro atoms. The number of benzene rings is 1. The molecule has 84 valence electrons. The van der Waals surface area contributed by atoms with Crippen LogP contribution in [0.2, 0.25) is 0 Å². The molecule has 1 aromatic carbocycles. The third-order valence-corrected chi connectivity index (χ3v) is 3.06. The Bertz CT molecular complexity index is 392. The van der Waals surface area contributed by atoms with Gasteiger partial charge in [-0.05, 0) is 24.5 Å². The molecule has 0 radical (unpaired) electrons. The van der Waals surface area contributed by atoms with E-state index < -0.39 is 0 Å². The Morgan fingerprint density at radius 2 is 2.06 bits per heavy atom. The molecule has 0 bridgehead atoms. The Morgan fingerprint density at radius 3 is 2.75 bits per heavy atom. The molecular formula is C14H16O2. The summed E-state index contributed by atoms with van der Waals surface area (Å²) >= 11 is 0. The highest BCUT2D eigenvalue weighted by Gasteiger charge is 2.24. The van der Waals surface area contributed by atoms with Crippen LogP contribution in [0.3, 0.4) is 0 Å². The molecule has 1 atom stereocenters. The topological polar surface area (TPSA) is 37.3 Å². The third-order valence-electron chi connectivity index (χ3n) is 3.06. The van der Waals surface area contributed by atoms with Gasteiger partial charge in [-0.2, -0.15) is 0 Å². The normalized spacial score (nSPS) is 23.7. The average Bonchev–Trinajstić information content (AvgIpc) is 2.33. The zero-order chi connectivity index (χ0) is 11.4. The number of ketones is 1. The number of carbonyl (C=O) groups excluding carboxylic acids is 1. The molecule has 1 fully saturated rings. The van der Waals surface area contributed by atoms with Crippen LogP contribution in [0.5, 0.6) is 0 Å². The molecule has 1 aromatic rings. The van der Waals surface area contributed by atoms with Crippen molar-refractivity contribution >= 4 is 11.9 Å². The summed E-state index contributed by atoms with van der Waals surface area (Å²) in [6, 6.07) is 9.81. The minimum Gasteiger partial charge on any atom is -0.396 e. The van der Waals surface area contributed by atoms with Crippen LogP contribution in [-0.4, -0.2) is 17.5 Å². The summed E-state index contributed by atoms with van der Waals surface area (Å²) in [5.41, 5.74) is 1.83. The fourth-order valence-electron chi connectivity index (χ4n) is 2.15. The standard InChI is InChI=1S/C14H16O2/c15-10-12-7-4-8-14(16)13(12)9-11-5-2-1-3-6-11/h1-3,5-6,9,12,15H,4,7-8,10H2/b13-9-. The van der Waals surface area contributed by atoms with Gasteiger partial charge in [-0.15, -0.1) is 0 Å². The first-order chi connectivity index (χ1) is 7.81. The summed E-state index contributed by atoms with van der Waals surface area (Å²) in [5.74, 6) is 0.218. The van der Waals surface area contributed by atoms with Crippen LogP contribution >= 0.6 is 0 Å². The van der Waals surface area contributed by atoms with E-state index in [4.69, 9.17) is 0 Å². The van der Waals surface area contributed by atoms with E-state index in [-0.39, 0.29) is 18.3 Å². The zero-order valence-corrected chi connectivity index (χ0v) is 9.23. The molecular weight excluding hydrogens is 200 g/mol. The number of Topliss-reactive ketones (excluding diaryl/α,β-unsaturated/α-hetero) is 1. The molecule has 2 heteroatoms. The number of aliphatic hydroxyl groups excluding tert-OH is 1. The molecule has 0 heterocycles. The predicted octanol–water partition coefficient (Wildman–Crippen LogP) is 2.43. The number of carbonyl (C=O) groups is 1. The van der Waals surface area contributed by atoms with Crippen LogP contribution in [-0.2, 0) is 4.79 Å². The van der Waals surface area contributed by atoms with E-state index in [1.807, 2.05) is 36.4 Å². The van der Waals surface area contributed by atoms with Gasteiger partial charge in [0, 0.05) is 17.9 Å². The molecule has 16 heavy (non-hydrogen) atoms. The Balaban J connectivity index is 2.28. The predicted molar refractivity (Wildman–Crippen MR) is 63.9 cm³/mol. The van der Waals surface area contributed by atoms with Crippen molar-refractivity contribution in [3.8, 4) is 0 Å². The maximum absolute atomic E-state index is 11.8. The first-order valence-electron chi connectivity index (χ1n) is 5.72. The van der Waals surface area contributed by atoms with E-state index in [0.29, 0.717) is 6.42 Å². The van der Waals surface area contributed by atoms with E-state index in [0.717, 1.165) is 24.0 Å². The summed E-state index contributed by atoms with van der Waals surface area (Å²) in [6.07, 6.45) is 4.36. The molecule has 0 aliphatic heterocycles. The molecule has 2 nitrogen and oxygen atoms in total. The molecule has 0 saturated heterocycles. The minimum atomic E-state index is 0.0291. The van der Waals surface area contributed by atoms with Crippen molar-refractivity contribution in [2.24, 2.45) is 5.92 Å². The molecule has 0 aromatic heterocycles. The molecule has 1 aliphatic rings. The smallest absolute Gasteiger partial charge is 0.159 e. The van der Waals surface area contributed by atoms with Crippen molar-refractivity contribution in [3.05, 3.63) is 41.5 Å². The van der Waals surface area contributed by atoms with Crippen LogP contribution < -0.4 is 0 Å². The molecule has 2 rings (SSSR count). The van der Waals surface area contributed by atoms with E-state index in [1.165, 1.54) is 0 Å². The van der Waals surface area contributed by atoms with E-state index in [1.54, 1.807) is 0 Å². The quantitative estimate of drug-likeness (QED) is 0.771. The van der Waals surface area contributed by atoms with Crippen LogP contribution in [0.1, 0.15) is 24.8 Å². The molecule has 1 saturated carbocycles. The average molecular weight is 216 g/mol. The van der Waals surface area contributed by atoms with E-state index >= 15 is 0 Å². The summed E-state index contributed by atoms with van der Waals surface area (Å²) < 4.78 is 0. The van der Waals surface area contributed by atoms with Gasteiger partial charge in [-0.25, -0.2) is 0 Å². The van der Waals surface area contributed by atoms with Crippen molar-refractivity contribution in [2.45, 2.75) is 19.3 Å². The highest BCUT2D eigenvalue weighted by atomic mass is 16.3. The first-order valence-corrected chi connectivity index (χ1v) is 5.72. The summed E-state index contributed by atoms with van der Waals surface area (Å²) in [7, 11) is 0. The minimum absolute atomic E-state index is 0.0291. The number of hydrogen-bond donors (Lipinski definition) is 1. The van der Waals surface area contributed by atoms with Crippen molar-refractivity contribution in [1.29, 1.82) is 0 Å². The van der Waals surface area contributed by atoms with Gasteiger partial charge in [0.15, 0.2) is 5.78 Å². The molecule has 1 unspecified atom stereocenters. The molecule has 1 N–H and O–H groups in total. The second kappa shape index (κ2) is 5.08. The van der Waals surface area contributed by atoms with Gasteiger partial charge in [-0.1, -0.05) is 30.3 Å². The lowest BCUT2D eigenvalue weighted by Gasteiger charge is -2.22. The highest BCUT2D eigenvalue weighted by molar-refractivity contribution is 6.00. The number of hydrogen-bond acceptors (Lipinski definition) is 2. The van der Waals surface area contributed by atoms with Gasteiger partial charge in [0.25, 0.3) is 0 Å². The van der Waals surface area contributed by atoms with Crippen molar-refractivity contribution in [2.75, 3.05) is 6.61 Å². The summed E-state index contributed by atoms with van der Waals surface area (Å²) in [5, 5.41) is 9.26. The Hall–Kier alpha value is -1.41. The fraction of sp³-hybridized carbons (Fsp3) is 0.357. The second-order valence-corrected chi connectivity index (χ2v) is 4.21. The summed E-state index contributed by atoms with van der Waals surface area (Å²) in [6.45, 7) is 0.0738. The van der Waals surface area contributed by atoms with Crippen LogP contribution in [0.4, 0.5) is 0 Å². The van der Waals surface area contributed by atoms with Crippen LogP contribution in [0.15, 0.2) is 35.9 Å². The lowest BCUT2D eigenvalue weighted by Crippen LogP contribution is -2.21.